The summed E-state index contributed by atoms with van der Waals surface area (Å²) in [5.74, 6) is 0.833. The van der Waals surface area contributed by atoms with Crippen LogP contribution in [0.2, 0.25) is 0 Å². The van der Waals surface area contributed by atoms with Crippen molar-refractivity contribution < 1.29 is 4.79 Å². The second-order valence-electron chi connectivity index (χ2n) is 5.51. The van der Waals surface area contributed by atoms with Crippen LogP contribution in [0.3, 0.4) is 0 Å². The van der Waals surface area contributed by atoms with E-state index >= 15 is 0 Å². The van der Waals surface area contributed by atoms with E-state index in [1.54, 1.807) is 0 Å². The smallest absolute Gasteiger partial charge is 0.227 e. The maximum atomic E-state index is 12.5. The third kappa shape index (κ3) is 2.03. The lowest BCUT2D eigenvalue weighted by molar-refractivity contribution is -0.120. The number of nitrogens with one attached hydrogen (secondary N) is 1. The predicted molar refractivity (Wildman–Crippen MR) is 72.7 cm³/mol. The Morgan fingerprint density at radius 2 is 2.17 bits per heavy atom. The number of anilines is 1. The lowest BCUT2D eigenvalue weighted by atomic mass is 9.93. The van der Waals surface area contributed by atoms with Gasteiger partial charge < -0.3 is 10.2 Å². The molecule has 1 atom stereocenters. The van der Waals surface area contributed by atoms with Gasteiger partial charge in [0, 0.05) is 18.2 Å². The molecule has 1 amide bonds. The number of amides is 1. The second kappa shape index (κ2) is 4.73. The molecule has 3 heteroatoms. The largest absolute Gasteiger partial charge is 0.316 e. The molecule has 1 unspecified atom stereocenters. The summed E-state index contributed by atoms with van der Waals surface area (Å²) in [4.78, 5) is 14.5. The average molecular weight is 244 g/mol. The maximum absolute atomic E-state index is 12.5. The van der Waals surface area contributed by atoms with E-state index in [0.29, 0.717) is 24.3 Å². The third-order valence-corrected chi connectivity index (χ3v) is 4.12. The molecule has 3 nitrogen and oxygen atoms in total. The average Bonchev–Trinajstić information content (AvgIpc) is 2.33. The minimum absolute atomic E-state index is 0.293. The van der Waals surface area contributed by atoms with Crippen molar-refractivity contribution >= 4 is 11.6 Å². The van der Waals surface area contributed by atoms with Gasteiger partial charge in [-0.05, 0) is 50.4 Å². The van der Waals surface area contributed by atoms with Gasteiger partial charge in [0.2, 0.25) is 5.91 Å². The van der Waals surface area contributed by atoms with E-state index in [2.05, 4.69) is 30.4 Å². The number of benzene rings is 1. The molecule has 2 aliphatic heterocycles. The molecule has 96 valence electrons. The van der Waals surface area contributed by atoms with Gasteiger partial charge in [-0.3, -0.25) is 4.79 Å². The Kier molecular flexibility index (Phi) is 3.08. The number of carbonyl (C=O) groups is 1. The molecule has 0 aromatic heterocycles. The van der Waals surface area contributed by atoms with Crippen LogP contribution in [0.1, 0.15) is 25.3 Å². The molecule has 1 saturated heterocycles. The Labute approximate surface area is 108 Å². The van der Waals surface area contributed by atoms with Crippen LogP contribution >= 0.6 is 0 Å². The van der Waals surface area contributed by atoms with E-state index in [0.717, 1.165) is 31.6 Å². The summed E-state index contributed by atoms with van der Waals surface area (Å²) in [6.45, 7) is 4.15. The lowest BCUT2D eigenvalue weighted by Gasteiger charge is -2.37. The van der Waals surface area contributed by atoms with E-state index in [4.69, 9.17) is 0 Å². The van der Waals surface area contributed by atoms with Crippen LogP contribution in [0.5, 0.6) is 0 Å². The van der Waals surface area contributed by atoms with Gasteiger partial charge in [0.05, 0.1) is 0 Å². The Hall–Kier alpha value is -1.35. The van der Waals surface area contributed by atoms with E-state index in [1.807, 2.05) is 11.0 Å². The van der Waals surface area contributed by atoms with Crippen LogP contribution in [0.25, 0.3) is 0 Å². The fourth-order valence-corrected chi connectivity index (χ4v) is 2.91. The molecule has 1 N–H and O–H groups in total. The number of hydrogen-bond acceptors (Lipinski definition) is 2. The molecule has 18 heavy (non-hydrogen) atoms. The van der Waals surface area contributed by atoms with Crippen molar-refractivity contribution in [3.05, 3.63) is 29.8 Å². The highest BCUT2D eigenvalue weighted by atomic mass is 16.2. The number of rotatable bonds is 2. The topological polar surface area (TPSA) is 32.3 Å². The minimum atomic E-state index is 0.293. The molecule has 1 aromatic rings. The van der Waals surface area contributed by atoms with Gasteiger partial charge in [-0.1, -0.05) is 18.2 Å². The van der Waals surface area contributed by atoms with E-state index < -0.39 is 0 Å². The molecule has 0 bridgehead atoms. The molecule has 3 rings (SSSR count). The van der Waals surface area contributed by atoms with E-state index in [-0.39, 0.29) is 0 Å². The van der Waals surface area contributed by atoms with Crippen molar-refractivity contribution in [1.82, 2.24) is 5.32 Å². The number of nitrogens with zero attached hydrogens (tertiary/aromatic N) is 1. The maximum Gasteiger partial charge on any atom is 0.227 e. The highest BCUT2D eigenvalue weighted by Crippen LogP contribution is 2.31. The summed E-state index contributed by atoms with van der Waals surface area (Å²) in [6, 6.07) is 8.66. The van der Waals surface area contributed by atoms with Crippen molar-refractivity contribution in [2.45, 2.75) is 32.2 Å². The monoisotopic (exact) mass is 244 g/mol. The van der Waals surface area contributed by atoms with E-state index in [1.165, 1.54) is 5.56 Å². The van der Waals surface area contributed by atoms with Crippen molar-refractivity contribution in [3.8, 4) is 0 Å². The van der Waals surface area contributed by atoms with Crippen LogP contribution in [0, 0.1) is 5.92 Å². The van der Waals surface area contributed by atoms with Gasteiger partial charge in [0.15, 0.2) is 0 Å². The van der Waals surface area contributed by atoms with Gasteiger partial charge >= 0.3 is 0 Å². The number of para-hydroxylation sites is 1. The predicted octanol–water partition coefficient (Wildman–Crippen LogP) is 1.96. The molecule has 0 saturated carbocycles. The fraction of sp³-hybridized carbons (Fsp3) is 0.533. The van der Waals surface area contributed by atoms with Crippen LogP contribution in [0.4, 0.5) is 5.69 Å². The van der Waals surface area contributed by atoms with Crippen LogP contribution in [-0.4, -0.2) is 25.0 Å². The number of hydrogen-bond donors (Lipinski definition) is 1. The Morgan fingerprint density at radius 1 is 1.39 bits per heavy atom. The summed E-state index contributed by atoms with van der Waals surface area (Å²) < 4.78 is 0. The first-order valence-corrected chi connectivity index (χ1v) is 6.86. The van der Waals surface area contributed by atoms with Crippen LogP contribution in [0.15, 0.2) is 24.3 Å². The Morgan fingerprint density at radius 3 is 2.89 bits per heavy atom. The zero-order valence-corrected chi connectivity index (χ0v) is 10.9. The van der Waals surface area contributed by atoms with Crippen LogP contribution in [-0.2, 0) is 11.2 Å². The lowest BCUT2D eigenvalue weighted by Crippen LogP contribution is -2.48. The van der Waals surface area contributed by atoms with Crippen molar-refractivity contribution in [1.29, 1.82) is 0 Å². The number of carbonyl (C=O) groups excluding carboxylic acids is 1. The van der Waals surface area contributed by atoms with Gasteiger partial charge in [0.1, 0.15) is 0 Å². The van der Waals surface area contributed by atoms with Crippen molar-refractivity contribution in [2.24, 2.45) is 5.92 Å². The first kappa shape index (κ1) is 11.7. The fourth-order valence-electron chi connectivity index (χ4n) is 2.91. The molecule has 1 aromatic carbocycles. The summed E-state index contributed by atoms with van der Waals surface area (Å²) >= 11 is 0. The highest BCUT2D eigenvalue weighted by molar-refractivity contribution is 5.95. The van der Waals surface area contributed by atoms with Crippen molar-refractivity contribution in [2.75, 3.05) is 18.0 Å². The molecule has 0 spiro atoms. The molecule has 0 aliphatic carbocycles. The van der Waals surface area contributed by atoms with Gasteiger partial charge in [-0.25, -0.2) is 0 Å². The zero-order chi connectivity index (χ0) is 12.5. The molecular weight excluding hydrogens is 224 g/mol. The summed E-state index contributed by atoms with van der Waals surface area (Å²) in [7, 11) is 0. The summed E-state index contributed by atoms with van der Waals surface area (Å²) in [6.07, 6.45) is 2.85. The Balaban J connectivity index is 1.82. The minimum Gasteiger partial charge on any atom is -0.316 e. The normalized spacial score (nSPS) is 23.4. The van der Waals surface area contributed by atoms with Gasteiger partial charge in [-0.2, -0.15) is 0 Å². The quantitative estimate of drug-likeness (QED) is 0.862. The third-order valence-electron chi connectivity index (χ3n) is 4.12. The first-order chi connectivity index (χ1) is 8.75. The molecule has 2 heterocycles. The summed E-state index contributed by atoms with van der Waals surface area (Å²) in [5.41, 5.74) is 2.45. The first-order valence-electron chi connectivity index (χ1n) is 6.86. The number of aryl methyl sites for hydroxylation is 1. The SMILES string of the molecule is CC1CCc2ccccc2N1C(=O)CC1CNC1. The van der Waals surface area contributed by atoms with Crippen LogP contribution < -0.4 is 10.2 Å². The van der Waals surface area contributed by atoms with Crippen molar-refractivity contribution in [3.63, 3.8) is 0 Å². The highest BCUT2D eigenvalue weighted by Gasteiger charge is 2.30. The standard InChI is InChI=1S/C15H20N2O/c1-11-6-7-13-4-2-3-5-14(13)17(11)15(18)8-12-9-16-10-12/h2-5,11-12,16H,6-10H2,1H3. The van der Waals surface area contributed by atoms with E-state index in [9.17, 15) is 4.79 Å². The molecule has 1 fully saturated rings. The summed E-state index contributed by atoms with van der Waals surface area (Å²) in [5, 5.41) is 3.23. The van der Waals surface area contributed by atoms with Gasteiger partial charge in [-0.15, -0.1) is 0 Å². The Bertz CT molecular complexity index is 454. The number of fused-ring (bicyclic) bond motifs is 1. The molecule has 0 radical (unpaired) electrons. The molecule has 2 aliphatic rings. The second-order valence-corrected chi connectivity index (χ2v) is 5.51. The zero-order valence-electron chi connectivity index (χ0n) is 10.9. The molecular formula is C15H20N2O. The van der Waals surface area contributed by atoms with Gasteiger partial charge in [0.25, 0.3) is 0 Å².